The van der Waals surface area contributed by atoms with Gasteiger partial charge in [-0.3, -0.25) is 14.9 Å². The third-order valence-electron chi connectivity index (χ3n) is 5.55. The van der Waals surface area contributed by atoms with E-state index in [-0.39, 0.29) is 17.0 Å². The molecule has 4 rings (SSSR count). The molecule has 0 aromatic heterocycles. The van der Waals surface area contributed by atoms with Crippen LogP contribution >= 0.6 is 0 Å². The van der Waals surface area contributed by atoms with E-state index in [0.717, 1.165) is 17.7 Å². The smallest absolute Gasteiger partial charge is 0.323 e. The van der Waals surface area contributed by atoms with E-state index in [9.17, 15) is 27.7 Å². The third kappa shape index (κ3) is 3.87. The van der Waals surface area contributed by atoms with E-state index >= 15 is 0 Å². The maximum atomic E-state index is 13.4. The van der Waals surface area contributed by atoms with Gasteiger partial charge in [0.25, 0.3) is 5.91 Å². The van der Waals surface area contributed by atoms with Crippen LogP contribution in [0.25, 0.3) is 0 Å². The van der Waals surface area contributed by atoms with Crippen LogP contribution in [-0.4, -0.2) is 36.1 Å². The van der Waals surface area contributed by atoms with Gasteiger partial charge in [-0.15, -0.1) is 0 Å². The molecule has 2 atom stereocenters. The molecule has 0 fully saturated rings. The third-order valence-corrected chi connectivity index (χ3v) is 7.55. The normalized spacial score (nSPS) is 16.8. The summed E-state index contributed by atoms with van der Waals surface area (Å²) in [7, 11) is -4.45. The molecule has 2 unspecified atom stereocenters. The molecule has 32 heavy (non-hydrogen) atoms. The van der Waals surface area contributed by atoms with E-state index in [4.69, 9.17) is 0 Å². The number of nitrogens with zero attached hydrogens (tertiary/aromatic N) is 2. The standard InChI is InChI=1S/C23H19FN2O5S/c24-18-12-10-17(11-13-18)22(27)25-15-14-16-6-4-5-9-20(16)21(25)23(26(28)29)32(30,31)19-7-2-1-3-8-19/h1-13,21,23H,14-15H2. The molecule has 9 heteroatoms. The van der Waals surface area contributed by atoms with Gasteiger partial charge in [-0.1, -0.05) is 42.5 Å². The molecule has 0 bridgehead atoms. The molecule has 0 spiro atoms. The van der Waals surface area contributed by atoms with E-state index in [1.165, 1.54) is 41.3 Å². The van der Waals surface area contributed by atoms with Crippen LogP contribution in [0.1, 0.15) is 27.5 Å². The predicted molar refractivity (Wildman–Crippen MR) is 115 cm³/mol. The highest BCUT2D eigenvalue weighted by Crippen LogP contribution is 2.38. The molecule has 3 aromatic rings. The number of amides is 1. The zero-order valence-corrected chi connectivity index (χ0v) is 17.6. The SMILES string of the molecule is O=C(c1ccc(F)cc1)N1CCc2ccccc2C1C([N+](=O)[O-])S(=O)(=O)c1ccccc1. The van der Waals surface area contributed by atoms with Gasteiger partial charge < -0.3 is 4.90 Å². The number of carbonyl (C=O) groups excluding carboxylic acids is 1. The summed E-state index contributed by atoms with van der Waals surface area (Å²) in [5, 5.41) is 10.1. The summed E-state index contributed by atoms with van der Waals surface area (Å²) < 4.78 is 40.2. The first-order valence-electron chi connectivity index (χ1n) is 9.87. The molecule has 0 radical (unpaired) electrons. The van der Waals surface area contributed by atoms with Gasteiger partial charge in [0.1, 0.15) is 11.9 Å². The largest absolute Gasteiger partial charge is 0.338 e. The number of carbonyl (C=O) groups is 1. The molecular formula is C23H19FN2O5S. The van der Waals surface area contributed by atoms with Crippen molar-refractivity contribution < 1.29 is 22.5 Å². The number of hydrogen-bond donors (Lipinski definition) is 0. The molecule has 7 nitrogen and oxygen atoms in total. The van der Waals surface area contributed by atoms with Crippen molar-refractivity contribution in [3.63, 3.8) is 0 Å². The number of rotatable bonds is 5. The monoisotopic (exact) mass is 454 g/mol. The Morgan fingerprint density at radius 1 is 1.00 bits per heavy atom. The fourth-order valence-electron chi connectivity index (χ4n) is 4.04. The molecular weight excluding hydrogens is 435 g/mol. The minimum Gasteiger partial charge on any atom is -0.323 e. The first kappa shape index (κ1) is 21.6. The van der Waals surface area contributed by atoms with Gasteiger partial charge >= 0.3 is 5.37 Å². The Bertz CT molecular complexity index is 1260. The predicted octanol–water partition coefficient (Wildman–Crippen LogP) is 3.64. The van der Waals surface area contributed by atoms with E-state index in [1.807, 2.05) is 0 Å². The van der Waals surface area contributed by atoms with Crippen molar-refractivity contribution >= 4 is 15.7 Å². The lowest BCUT2D eigenvalue weighted by atomic mass is 9.91. The molecule has 0 N–H and O–H groups in total. The Labute approximate surface area is 184 Å². The molecule has 0 saturated carbocycles. The zero-order valence-electron chi connectivity index (χ0n) is 16.8. The number of fused-ring (bicyclic) bond motifs is 1. The number of halogens is 1. The van der Waals surface area contributed by atoms with E-state index in [1.54, 1.807) is 30.3 Å². The molecule has 1 heterocycles. The highest BCUT2D eigenvalue weighted by Gasteiger charge is 2.51. The van der Waals surface area contributed by atoms with Crippen LogP contribution in [0.15, 0.2) is 83.8 Å². The summed E-state index contributed by atoms with van der Waals surface area (Å²) in [5.41, 5.74) is 1.28. The Balaban J connectivity index is 1.87. The van der Waals surface area contributed by atoms with Crippen LogP contribution in [0.4, 0.5) is 4.39 Å². The van der Waals surface area contributed by atoms with Crippen LogP contribution in [0, 0.1) is 15.9 Å². The number of benzene rings is 3. The van der Waals surface area contributed by atoms with Crippen LogP contribution in [-0.2, 0) is 16.3 Å². The van der Waals surface area contributed by atoms with Crippen molar-refractivity contribution in [1.29, 1.82) is 0 Å². The van der Waals surface area contributed by atoms with Crippen molar-refractivity contribution in [3.8, 4) is 0 Å². The summed E-state index contributed by atoms with van der Waals surface area (Å²) in [6.45, 7) is 0.0898. The van der Waals surface area contributed by atoms with Gasteiger partial charge in [0, 0.05) is 17.0 Å². The fraction of sp³-hybridized carbons (Fsp3) is 0.174. The Hall–Kier alpha value is -3.59. The van der Waals surface area contributed by atoms with Crippen molar-refractivity contribution in [1.82, 2.24) is 4.90 Å². The second-order valence-corrected chi connectivity index (χ2v) is 9.48. The Morgan fingerprint density at radius 3 is 2.28 bits per heavy atom. The van der Waals surface area contributed by atoms with Gasteiger partial charge in [-0.25, -0.2) is 12.8 Å². The Kier molecular flexibility index (Phi) is 5.75. The topological polar surface area (TPSA) is 97.6 Å². The lowest BCUT2D eigenvalue weighted by Crippen LogP contribution is -2.50. The van der Waals surface area contributed by atoms with E-state index < -0.39 is 37.9 Å². The molecule has 0 aliphatic carbocycles. The van der Waals surface area contributed by atoms with E-state index in [2.05, 4.69) is 0 Å². The summed E-state index contributed by atoms with van der Waals surface area (Å²) in [5.74, 6) is -1.13. The van der Waals surface area contributed by atoms with Crippen molar-refractivity contribution in [2.45, 2.75) is 22.7 Å². The lowest BCUT2D eigenvalue weighted by Gasteiger charge is -2.38. The molecule has 1 aliphatic rings. The lowest BCUT2D eigenvalue weighted by molar-refractivity contribution is -0.505. The Morgan fingerprint density at radius 2 is 1.62 bits per heavy atom. The minimum atomic E-state index is -4.45. The van der Waals surface area contributed by atoms with Crippen LogP contribution in [0.3, 0.4) is 0 Å². The van der Waals surface area contributed by atoms with Gasteiger partial charge in [0.05, 0.1) is 4.90 Å². The zero-order chi connectivity index (χ0) is 22.9. The van der Waals surface area contributed by atoms with Crippen LogP contribution in [0.2, 0.25) is 0 Å². The van der Waals surface area contributed by atoms with Gasteiger partial charge in [0.2, 0.25) is 9.84 Å². The second-order valence-electron chi connectivity index (χ2n) is 7.43. The average Bonchev–Trinajstić information content (AvgIpc) is 2.79. The van der Waals surface area contributed by atoms with Crippen LogP contribution in [0.5, 0.6) is 0 Å². The highest BCUT2D eigenvalue weighted by molar-refractivity contribution is 7.91. The summed E-state index contributed by atoms with van der Waals surface area (Å²) in [6.07, 6.45) is 0.412. The summed E-state index contributed by atoms with van der Waals surface area (Å²) >= 11 is 0. The molecule has 1 amide bonds. The fourth-order valence-corrected chi connectivity index (χ4v) is 5.71. The number of hydrogen-bond acceptors (Lipinski definition) is 5. The van der Waals surface area contributed by atoms with Crippen molar-refractivity contribution in [2.24, 2.45) is 0 Å². The van der Waals surface area contributed by atoms with E-state index in [0.29, 0.717) is 12.0 Å². The van der Waals surface area contributed by atoms with Crippen LogP contribution < -0.4 is 0 Å². The second kappa shape index (κ2) is 8.51. The number of sulfone groups is 1. The first-order chi connectivity index (χ1) is 15.3. The maximum absolute atomic E-state index is 13.4. The number of nitro groups is 1. The van der Waals surface area contributed by atoms with Crippen molar-refractivity contribution in [3.05, 3.63) is 111 Å². The maximum Gasteiger partial charge on any atom is 0.338 e. The van der Waals surface area contributed by atoms with Gasteiger partial charge in [-0.2, -0.15) is 0 Å². The van der Waals surface area contributed by atoms with Crippen molar-refractivity contribution in [2.75, 3.05) is 6.54 Å². The highest BCUT2D eigenvalue weighted by atomic mass is 32.2. The molecule has 0 saturated heterocycles. The van der Waals surface area contributed by atoms with Gasteiger partial charge in [0.15, 0.2) is 0 Å². The summed E-state index contributed by atoms with van der Waals surface area (Å²) in [4.78, 5) is 25.7. The quantitative estimate of drug-likeness (QED) is 0.433. The minimum absolute atomic E-state index is 0.0898. The van der Waals surface area contributed by atoms with Gasteiger partial charge in [-0.05, 0) is 53.9 Å². The molecule has 3 aromatic carbocycles. The summed E-state index contributed by atoms with van der Waals surface area (Å²) in [6, 6.07) is 17.4. The molecule has 164 valence electrons. The first-order valence-corrected chi connectivity index (χ1v) is 11.4. The average molecular weight is 454 g/mol. The molecule has 1 aliphatic heterocycles.